The number of benzene rings is 1. The highest BCUT2D eigenvalue weighted by molar-refractivity contribution is 6.31. The van der Waals surface area contributed by atoms with Gasteiger partial charge in [-0.3, -0.25) is 14.2 Å². The topological polar surface area (TPSA) is 56.0 Å². The highest BCUT2D eigenvalue weighted by Crippen LogP contribution is 2.50. The maximum Gasteiger partial charge on any atom is 0.233 e. The van der Waals surface area contributed by atoms with E-state index in [1.165, 1.54) is 0 Å². The Balaban J connectivity index is 1.66. The number of amides is 1. The van der Waals surface area contributed by atoms with E-state index in [9.17, 15) is 4.79 Å². The van der Waals surface area contributed by atoms with Gasteiger partial charge in [0.15, 0.2) is 0 Å². The van der Waals surface area contributed by atoms with Gasteiger partial charge in [0.25, 0.3) is 0 Å². The van der Waals surface area contributed by atoms with Crippen LogP contribution in [0.4, 0.5) is 0 Å². The highest BCUT2D eigenvalue weighted by atomic mass is 35.5. The van der Waals surface area contributed by atoms with Crippen molar-refractivity contribution < 1.29 is 4.79 Å². The monoisotopic (exact) mass is 397 g/mol. The van der Waals surface area contributed by atoms with Gasteiger partial charge in [0.1, 0.15) is 5.69 Å². The van der Waals surface area contributed by atoms with Crippen LogP contribution in [0.1, 0.15) is 35.5 Å². The minimum atomic E-state index is -0.438. The van der Waals surface area contributed by atoms with Crippen LogP contribution < -0.4 is 0 Å². The molecular formula is C21H24ClN5O. The van der Waals surface area contributed by atoms with E-state index in [-0.39, 0.29) is 5.91 Å². The summed E-state index contributed by atoms with van der Waals surface area (Å²) in [6, 6.07) is 12.1. The van der Waals surface area contributed by atoms with Crippen molar-refractivity contribution in [3.63, 3.8) is 0 Å². The maximum atomic E-state index is 13.7. The molecule has 1 saturated carbocycles. The SMILES string of the molecule is Cc1cc(CN(Cc2nn(C)cc2Cl)C(=O)C2(c3ccccc3)CC2)nn1C. The predicted molar refractivity (Wildman–Crippen MR) is 108 cm³/mol. The number of hydrogen-bond donors (Lipinski definition) is 0. The van der Waals surface area contributed by atoms with Gasteiger partial charge in [-0.1, -0.05) is 41.9 Å². The molecule has 0 aliphatic heterocycles. The first-order valence-electron chi connectivity index (χ1n) is 9.41. The Morgan fingerprint density at radius 2 is 1.89 bits per heavy atom. The number of aryl methyl sites for hydroxylation is 3. The smallest absolute Gasteiger partial charge is 0.233 e. The van der Waals surface area contributed by atoms with Gasteiger partial charge in [-0.2, -0.15) is 10.2 Å². The molecule has 7 heteroatoms. The Kier molecular flexibility index (Phi) is 4.75. The second-order valence-electron chi connectivity index (χ2n) is 7.61. The first kappa shape index (κ1) is 18.7. The fourth-order valence-electron chi connectivity index (χ4n) is 3.71. The fraction of sp³-hybridized carbons (Fsp3) is 0.381. The van der Waals surface area contributed by atoms with Crippen LogP contribution in [-0.4, -0.2) is 30.4 Å². The normalized spacial score (nSPS) is 14.9. The van der Waals surface area contributed by atoms with Crippen LogP contribution in [0.5, 0.6) is 0 Å². The van der Waals surface area contributed by atoms with E-state index in [4.69, 9.17) is 11.6 Å². The molecule has 0 spiro atoms. The lowest BCUT2D eigenvalue weighted by atomic mass is 9.94. The fourth-order valence-corrected chi connectivity index (χ4v) is 3.95. The molecule has 0 radical (unpaired) electrons. The van der Waals surface area contributed by atoms with Crippen molar-refractivity contribution >= 4 is 17.5 Å². The van der Waals surface area contributed by atoms with Crippen molar-refractivity contribution in [2.24, 2.45) is 14.1 Å². The lowest BCUT2D eigenvalue weighted by Gasteiger charge is -2.27. The van der Waals surface area contributed by atoms with Gasteiger partial charge in [-0.15, -0.1) is 0 Å². The highest BCUT2D eigenvalue weighted by Gasteiger charge is 2.53. The maximum absolute atomic E-state index is 13.7. The number of halogens is 1. The summed E-state index contributed by atoms with van der Waals surface area (Å²) in [4.78, 5) is 15.5. The summed E-state index contributed by atoms with van der Waals surface area (Å²) >= 11 is 6.33. The second kappa shape index (κ2) is 7.09. The van der Waals surface area contributed by atoms with Gasteiger partial charge in [0.2, 0.25) is 5.91 Å². The first-order valence-corrected chi connectivity index (χ1v) is 9.79. The molecule has 0 atom stereocenters. The summed E-state index contributed by atoms with van der Waals surface area (Å²) in [5, 5.41) is 9.55. The number of carbonyl (C=O) groups excluding carboxylic acids is 1. The average molecular weight is 398 g/mol. The van der Waals surface area contributed by atoms with Crippen LogP contribution in [0, 0.1) is 6.92 Å². The quantitative estimate of drug-likeness (QED) is 0.640. The minimum absolute atomic E-state index is 0.115. The van der Waals surface area contributed by atoms with E-state index in [1.807, 2.05) is 67.0 Å². The van der Waals surface area contributed by atoms with Crippen LogP contribution in [0.2, 0.25) is 5.02 Å². The van der Waals surface area contributed by atoms with Crippen LogP contribution in [-0.2, 0) is 37.4 Å². The third-order valence-electron chi connectivity index (χ3n) is 5.49. The molecule has 0 N–H and O–H groups in total. The molecule has 146 valence electrons. The molecule has 6 nitrogen and oxygen atoms in total. The summed E-state index contributed by atoms with van der Waals surface area (Å²) in [5.41, 5.74) is 3.27. The zero-order chi connectivity index (χ0) is 19.9. The number of rotatable bonds is 6. The summed E-state index contributed by atoms with van der Waals surface area (Å²) in [5.74, 6) is 0.115. The Hall–Kier alpha value is -2.60. The predicted octanol–water partition coefficient (Wildman–Crippen LogP) is 3.38. The Morgan fingerprint density at radius 1 is 1.18 bits per heavy atom. The Labute approximate surface area is 169 Å². The molecular weight excluding hydrogens is 374 g/mol. The zero-order valence-corrected chi connectivity index (χ0v) is 17.1. The van der Waals surface area contributed by atoms with Gasteiger partial charge in [-0.25, -0.2) is 0 Å². The van der Waals surface area contributed by atoms with Gasteiger partial charge in [0.05, 0.1) is 29.2 Å². The number of aromatic nitrogens is 4. The molecule has 1 aliphatic carbocycles. The minimum Gasteiger partial charge on any atom is -0.330 e. The van der Waals surface area contributed by atoms with E-state index in [0.717, 1.165) is 29.8 Å². The van der Waals surface area contributed by atoms with Crippen molar-refractivity contribution in [1.82, 2.24) is 24.5 Å². The van der Waals surface area contributed by atoms with E-state index in [0.29, 0.717) is 23.8 Å². The molecule has 1 fully saturated rings. The van der Waals surface area contributed by atoms with Crippen LogP contribution in [0.3, 0.4) is 0 Å². The molecule has 3 aromatic rings. The van der Waals surface area contributed by atoms with E-state index in [2.05, 4.69) is 10.2 Å². The van der Waals surface area contributed by atoms with Crippen molar-refractivity contribution in [2.75, 3.05) is 0 Å². The summed E-state index contributed by atoms with van der Waals surface area (Å²) in [6.07, 6.45) is 3.49. The molecule has 28 heavy (non-hydrogen) atoms. The van der Waals surface area contributed by atoms with Crippen molar-refractivity contribution in [3.8, 4) is 0 Å². The third kappa shape index (κ3) is 3.44. The molecule has 4 rings (SSSR count). The Morgan fingerprint density at radius 3 is 2.43 bits per heavy atom. The lowest BCUT2D eigenvalue weighted by molar-refractivity contribution is -0.135. The van der Waals surface area contributed by atoms with Crippen LogP contribution in [0.15, 0.2) is 42.6 Å². The number of carbonyl (C=O) groups is 1. The molecule has 1 aromatic carbocycles. The second-order valence-corrected chi connectivity index (χ2v) is 8.01. The molecule has 0 unspecified atom stereocenters. The number of nitrogens with zero attached hydrogens (tertiary/aromatic N) is 5. The summed E-state index contributed by atoms with van der Waals surface area (Å²) in [7, 11) is 3.74. The first-order chi connectivity index (χ1) is 13.4. The average Bonchev–Trinajstić information content (AvgIpc) is 3.34. The molecule has 2 heterocycles. The van der Waals surface area contributed by atoms with Crippen LogP contribution in [0.25, 0.3) is 0 Å². The summed E-state index contributed by atoms with van der Waals surface area (Å²) in [6.45, 7) is 2.80. The molecule has 0 bridgehead atoms. The van der Waals surface area contributed by atoms with Gasteiger partial charge < -0.3 is 4.90 Å². The van der Waals surface area contributed by atoms with E-state index in [1.54, 1.807) is 10.9 Å². The number of hydrogen-bond acceptors (Lipinski definition) is 3. The largest absolute Gasteiger partial charge is 0.330 e. The van der Waals surface area contributed by atoms with Crippen molar-refractivity contribution in [1.29, 1.82) is 0 Å². The summed E-state index contributed by atoms with van der Waals surface area (Å²) < 4.78 is 3.51. The van der Waals surface area contributed by atoms with Crippen LogP contribution >= 0.6 is 11.6 Å². The van der Waals surface area contributed by atoms with E-state index >= 15 is 0 Å². The Bertz CT molecular complexity index is 984. The zero-order valence-electron chi connectivity index (χ0n) is 16.4. The van der Waals surface area contributed by atoms with Crippen molar-refractivity contribution in [3.05, 3.63) is 70.3 Å². The molecule has 0 saturated heterocycles. The third-order valence-corrected chi connectivity index (χ3v) is 5.80. The molecule has 1 amide bonds. The van der Waals surface area contributed by atoms with Gasteiger partial charge in [-0.05, 0) is 31.4 Å². The lowest BCUT2D eigenvalue weighted by Crippen LogP contribution is -2.38. The van der Waals surface area contributed by atoms with Gasteiger partial charge >= 0.3 is 0 Å². The molecule has 1 aliphatic rings. The standard InChI is InChI=1S/C21H24ClN5O/c1-15-11-17(23-26(15)3)12-27(14-19-18(22)13-25(2)24-19)20(28)21(9-10-21)16-7-5-4-6-8-16/h4-8,11,13H,9-10,12,14H2,1-3H3. The van der Waals surface area contributed by atoms with Crippen molar-refractivity contribution in [2.45, 2.75) is 38.3 Å². The van der Waals surface area contributed by atoms with E-state index < -0.39 is 5.41 Å². The van der Waals surface area contributed by atoms with Gasteiger partial charge in [0, 0.05) is 26.0 Å². The molecule has 2 aromatic heterocycles.